The van der Waals surface area contributed by atoms with Gasteiger partial charge in [-0.2, -0.15) is 0 Å². The minimum Gasteiger partial charge on any atom is -0.367 e. The summed E-state index contributed by atoms with van der Waals surface area (Å²) in [6.45, 7) is 0.636. The minimum absolute atomic E-state index is 0.0600. The maximum atomic E-state index is 13.6. The van der Waals surface area contributed by atoms with Crippen molar-refractivity contribution in [2.75, 3.05) is 30.4 Å². The third kappa shape index (κ3) is 3.50. The van der Waals surface area contributed by atoms with Crippen LogP contribution >= 0.6 is 11.6 Å². The second kappa shape index (κ2) is 9.02. The molecule has 3 saturated heterocycles. The van der Waals surface area contributed by atoms with Crippen LogP contribution in [0.2, 0.25) is 5.02 Å². The van der Waals surface area contributed by atoms with E-state index in [0.29, 0.717) is 24.1 Å². The number of amides is 8. The maximum absolute atomic E-state index is 13.6. The standard InChI is InChI=1S/C28H24ClN5O6/c1-31-24(37)28(25(38)32(2)27(31)40)14-16-12-15(9-10-19(16)33-11-5-8-21(28)33)13-17-22(35)30-26(39)34(23(17)36)20-7-4-3-6-18(20)29/h3-4,6-7,9-10,12-13,21H,5,8,11,14H2,1-2H3,(H,30,35,39)/b17-13+/t21-/m0/s1. The van der Waals surface area contributed by atoms with Crippen molar-refractivity contribution in [3.8, 4) is 0 Å². The number of nitrogens with one attached hydrogen (secondary N) is 1. The lowest BCUT2D eigenvalue weighted by molar-refractivity contribution is -0.159. The molecular formula is C28H24ClN5O6. The Bertz CT molecular complexity index is 1560. The summed E-state index contributed by atoms with van der Waals surface area (Å²) in [6.07, 6.45) is 2.83. The molecule has 2 aromatic carbocycles. The number of benzene rings is 2. The average molecular weight is 562 g/mol. The van der Waals surface area contributed by atoms with E-state index in [2.05, 4.69) is 5.32 Å². The summed E-state index contributed by atoms with van der Waals surface area (Å²) in [5, 5.41) is 2.34. The van der Waals surface area contributed by atoms with Crippen LogP contribution < -0.4 is 15.1 Å². The maximum Gasteiger partial charge on any atom is 0.335 e. The number of carbonyl (C=O) groups excluding carboxylic acids is 6. The molecule has 1 atom stereocenters. The fourth-order valence-corrected chi connectivity index (χ4v) is 6.52. The smallest absolute Gasteiger partial charge is 0.335 e. The largest absolute Gasteiger partial charge is 0.367 e. The Morgan fingerprint density at radius 1 is 0.950 bits per heavy atom. The SMILES string of the molecule is CN1C(=O)N(C)C(=O)C2(Cc3cc(/C=C4\C(=O)NC(=O)N(c5ccccc5Cl)C4=O)ccc3N3CCC[C@H]32)C1=O. The highest BCUT2D eigenvalue weighted by molar-refractivity contribution is 6.42. The average Bonchev–Trinajstić information content (AvgIpc) is 3.44. The molecule has 40 heavy (non-hydrogen) atoms. The van der Waals surface area contributed by atoms with Gasteiger partial charge >= 0.3 is 12.1 Å². The minimum atomic E-state index is -1.47. The molecule has 4 aliphatic heterocycles. The van der Waals surface area contributed by atoms with Crippen LogP contribution in [0.25, 0.3) is 6.08 Å². The Balaban J connectivity index is 1.42. The number of anilines is 2. The Hall–Kier alpha value is -4.51. The third-order valence-corrected chi connectivity index (χ3v) is 8.48. The van der Waals surface area contributed by atoms with E-state index in [1.165, 1.54) is 32.3 Å². The summed E-state index contributed by atoms with van der Waals surface area (Å²) in [6, 6.07) is 9.61. The van der Waals surface area contributed by atoms with Crippen molar-refractivity contribution in [1.29, 1.82) is 0 Å². The van der Waals surface area contributed by atoms with Crippen LogP contribution in [0.5, 0.6) is 0 Å². The van der Waals surface area contributed by atoms with Gasteiger partial charge in [0.05, 0.1) is 16.8 Å². The second-order valence-electron chi connectivity index (χ2n) is 10.3. The van der Waals surface area contributed by atoms with E-state index in [4.69, 9.17) is 11.6 Å². The highest BCUT2D eigenvalue weighted by Gasteiger charge is 2.63. The Morgan fingerprint density at radius 2 is 1.65 bits per heavy atom. The second-order valence-corrected chi connectivity index (χ2v) is 10.7. The Morgan fingerprint density at radius 3 is 2.35 bits per heavy atom. The molecule has 4 aliphatic rings. The molecular weight excluding hydrogens is 538 g/mol. The molecule has 12 heteroatoms. The lowest BCUT2D eigenvalue weighted by atomic mass is 9.68. The molecule has 1 N–H and O–H groups in total. The summed E-state index contributed by atoms with van der Waals surface area (Å²) < 4.78 is 0. The van der Waals surface area contributed by atoms with Crippen LogP contribution in [-0.2, 0) is 25.6 Å². The fraction of sp³-hybridized carbons (Fsp3) is 0.286. The first-order valence-electron chi connectivity index (χ1n) is 12.7. The number of rotatable bonds is 2. The summed E-state index contributed by atoms with van der Waals surface area (Å²) in [5.74, 6) is -2.77. The highest BCUT2D eigenvalue weighted by Crippen LogP contribution is 2.49. The number of urea groups is 2. The molecule has 4 heterocycles. The first-order chi connectivity index (χ1) is 19.1. The summed E-state index contributed by atoms with van der Waals surface area (Å²) in [4.78, 5) is 83.2. The van der Waals surface area contributed by atoms with E-state index in [0.717, 1.165) is 26.8 Å². The van der Waals surface area contributed by atoms with Crippen molar-refractivity contribution in [2.24, 2.45) is 5.41 Å². The van der Waals surface area contributed by atoms with Crippen molar-refractivity contribution in [2.45, 2.75) is 25.3 Å². The molecule has 0 saturated carbocycles. The molecule has 3 fully saturated rings. The fourth-order valence-electron chi connectivity index (χ4n) is 6.30. The lowest BCUT2D eigenvalue weighted by Gasteiger charge is -2.50. The van der Waals surface area contributed by atoms with Crippen molar-refractivity contribution in [3.05, 3.63) is 64.2 Å². The molecule has 0 unspecified atom stereocenters. The van der Waals surface area contributed by atoms with E-state index in [-0.39, 0.29) is 22.7 Å². The van der Waals surface area contributed by atoms with Gasteiger partial charge in [-0.25, -0.2) is 14.5 Å². The molecule has 204 valence electrons. The first kappa shape index (κ1) is 25.8. The first-order valence-corrected chi connectivity index (χ1v) is 13.1. The summed E-state index contributed by atoms with van der Waals surface area (Å²) in [7, 11) is 2.76. The molecule has 1 spiro atoms. The molecule has 6 rings (SSSR count). The van der Waals surface area contributed by atoms with Crippen LogP contribution in [0.1, 0.15) is 24.0 Å². The van der Waals surface area contributed by atoms with Gasteiger partial charge in [0.1, 0.15) is 5.57 Å². The molecule has 8 amide bonds. The third-order valence-electron chi connectivity index (χ3n) is 8.16. The number of fused-ring (bicyclic) bond motifs is 4. The van der Waals surface area contributed by atoms with Crippen LogP contribution in [0.15, 0.2) is 48.0 Å². The number of hydrogen-bond acceptors (Lipinski definition) is 7. The van der Waals surface area contributed by atoms with Crippen molar-refractivity contribution in [3.63, 3.8) is 0 Å². The zero-order valence-electron chi connectivity index (χ0n) is 21.6. The van der Waals surface area contributed by atoms with Crippen LogP contribution in [0.3, 0.4) is 0 Å². The van der Waals surface area contributed by atoms with E-state index < -0.39 is 47.1 Å². The van der Waals surface area contributed by atoms with Crippen molar-refractivity contribution in [1.82, 2.24) is 15.1 Å². The van der Waals surface area contributed by atoms with Gasteiger partial charge in [-0.05, 0) is 60.7 Å². The molecule has 2 aromatic rings. The van der Waals surface area contributed by atoms with E-state index in [1.54, 1.807) is 24.3 Å². The molecule has 0 aliphatic carbocycles. The number of barbiturate groups is 2. The number of nitrogens with zero attached hydrogens (tertiary/aromatic N) is 4. The predicted molar refractivity (Wildman–Crippen MR) is 144 cm³/mol. The quantitative estimate of drug-likeness (QED) is 0.339. The molecule has 0 aromatic heterocycles. The van der Waals surface area contributed by atoms with Crippen molar-refractivity contribution >= 4 is 64.7 Å². The van der Waals surface area contributed by atoms with E-state index in [9.17, 15) is 28.8 Å². The van der Waals surface area contributed by atoms with E-state index >= 15 is 0 Å². The monoisotopic (exact) mass is 561 g/mol. The van der Waals surface area contributed by atoms with Gasteiger partial charge in [-0.15, -0.1) is 0 Å². The normalized spacial score (nSPS) is 23.3. The number of halogens is 1. The Labute approximate surface area is 233 Å². The summed E-state index contributed by atoms with van der Waals surface area (Å²) >= 11 is 6.21. The van der Waals surface area contributed by atoms with Gasteiger partial charge in [-0.3, -0.25) is 34.3 Å². The number of imide groups is 4. The van der Waals surface area contributed by atoms with Gasteiger partial charge in [0.15, 0.2) is 5.41 Å². The molecule has 0 bridgehead atoms. The van der Waals surface area contributed by atoms with Gasteiger partial charge in [0.2, 0.25) is 11.8 Å². The highest BCUT2D eigenvalue weighted by atomic mass is 35.5. The van der Waals surface area contributed by atoms with Crippen molar-refractivity contribution < 1.29 is 28.8 Å². The number of hydrogen-bond donors (Lipinski definition) is 1. The number of carbonyl (C=O) groups is 6. The topological polar surface area (TPSA) is 127 Å². The van der Waals surface area contributed by atoms with Gasteiger partial charge < -0.3 is 4.90 Å². The van der Waals surface area contributed by atoms with E-state index in [1.807, 2.05) is 11.0 Å². The van der Waals surface area contributed by atoms with Gasteiger partial charge in [0, 0.05) is 26.3 Å². The van der Waals surface area contributed by atoms with Crippen LogP contribution in [0, 0.1) is 5.41 Å². The van der Waals surface area contributed by atoms with Crippen LogP contribution in [-0.4, -0.2) is 72.2 Å². The zero-order chi connectivity index (χ0) is 28.5. The lowest BCUT2D eigenvalue weighted by Crippen LogP contribution is -2.70. The zero-order valence-corrected chi connectivity index (χ0v) is 22.4. The molecule has 0 radical (unpaired) electrons. The molecule has 11 nitrogen and oxygen atoms in total. The van der Waals surface area contributed by atoms with Gasteiger partial charge in [0.25, 0.3) is 11.8 Å². The number of para-hydroxylation sites is 1. The Kier molecular flexibility index (Phi) is 5.81. The predicted octanol–water partition coefficient (Wildman–Crippen LogP) is 2.57. The van der Waals surface area contributed by atoms with Gasteiger partial charge in [-0.1, -0.05) is 29.8 Å². The van der Waals surface area contributed by atoms with Crippen LogP contribution in [0.4, 0.5) is 21.0 Å². The summed E-state index contributed by atoms with van der Waals surface area (Å²) in [5.41, 5.74) is 0.372.